The lowest BCUT2D eigenvalue weighted by Crippen LogP contribution is -2.33. The lowest BCUT2D eigenvalue weighted by atomic mass is 10.1. The molecule has 102 valence electrons. The maximum atomic E-state index is 3.63. The van der Waals surface area contributed by atoms with Crippen LogP contribution in [0.15, 0.2) is 28.7 Å². The molecule has 1 unspecified atom stereocenters. The van der Waals surface area contributed by atoms with Gasteiger partial charge in [-0.25, -0.2) is 0 Å². The van der Waals surface area contributed by atoms with Gasteiger partial charge in [0.1, 0.15) is 0 Å². The minimum atomic E-state index is 0.567. The fourth-order valence-corrected chi connectivity index (χ4v) is 3.43. The van der Waals surface area contributed by atoms with E-state index >= 15 is 0 Å². The Kier molecular flexibility index (Phi) is 8.03. The lowest BCUT2D eigenvalue weighted by Gasteiger charge is -2.19. The second-order valence-corrected chi connectivity index (χ2v) is 6.91. The van der Waals surface area contributed by atoms with E-state index in [1.807, 2.05) is 0 Å². The second-order valence-electron chi connectivity index (χ2n) is 4.98. The highest BCUT2D eigenvalue weighted by atomic mass is 79.9. The van der Waals surface area contributed by atoms with Gasteiger partial charge in [-0.3, -0.25) is 0 Å². The maximum Gasteiger partial charge on any atom is 0.0207 e. The van der Waals surface area contributed by atoms with Crippen molar-refractivity contribution in [3.63, 3.8) is 0 Å². The van der Waals surface area contributed by atoms with Gasteiger partial charge in [0.25, 0.3) is 0 Å². The van der Waals surface area contributed by atoms with Crippen LogP contribution in [0.2, 0.25) is 0 Å². The predicted octanol–water partition coefficient (Wildman–Crippen LogP) is 4.36. The average molecular weight is 330 g/mol. The smallest absolute Gasteiger partial charge is 0.0207 e. The molecule has 1 atom stereocenters. The summed E-state index contributed by atoms with van der Waals surface area (Å²) in [5, 5.41) is 3.59. The SMILES string of the molecule is CCNC(CSCC(C)C)Cc1ccccc1Br. The van der Waals surface area contributed by atoms with E-state index in [0.717, 1.165) is 18.9 Å². The zero-order valence-electron chi connectivity index (χ0n) is 11.6. The molecule has 0 aliphatic heterocycles. The lowest BCUT2D eigenvalue weighted by molar-refractivity contribution is 0.571. The standard InChI is InChI=1S/C15H24BrNS/c1-4-17-14(11-18-10-12(2)3)9-13-7-5-6-8-15(13)16/h5-8,12,14,17H,4,9-11H2,1-3H3. The highest BCUT2D eigenvalue weighted by Gasteiger charge is 2.10. The molecular formula is C15H24BrNS. The molecule has 1 nitrogen and oxygen atoms in total. The summed E-state index contributed by atoms with van der Waals surface area (Å²) in [4.78, 5) is 0. The number of halogens is 1. The van der Waals surface area contributed by atoms with Crippen LogP contribution in [0, 0.1) is 5.92 Å². The third-order valence-electron chi connectivity index (χ3n) is 2.69. The van der Waals surface area contributed by atoms with Crippen LogP contribution in [0.4, 0.5) is 0 Å². The summed E-state index contributed by atoms with van der Waals surface area (Å²) in [5.74, 6) is 3.21. The summed E-state index contributed by atoms with van der Waals surface area (Å²) < 4.78 is 1.22. The third kappa shape index (κ3) is 6.26. The summed E-state index contributed by atoms with van der Waals surface area (Å²) in [5.41, 5.74) is 1.40. The highest BCUT2D eigenvalue weighted by Crippen LogP contribution is 2.19. The summed E-state index contributed by atoms with van der Waals surface area (Å²) in [6.07, 6.45) is 1.10. The molecule has 0 saturated carbocycles. The number of hydrogen-bond acceptors (Lipinski definition) is 2. The van der Waals surface area contributed by atoms with Gasteiger partial charge in [0.2, 0.25) is 0 Å². The van der Waals surface area contributed by atoms with Crippen molar-refractivity contribution >= 4 is 27.7 Å². The Morgan fingerprint density at radius 3 is 2.56 bits per heavy atom. The monoisotopic (exact) mass is 329 g/mol. The first-order valence-electron chi connectivity index (χ1n) is 6.68. The van der Waals surface area contributed by atoms with E-state index in [0.29, 0.717) is 6.04 Å². The molecule has 0 aliphatic carbocycles. The summed E-state index contributed by atoms with van der Waals surface area (Å²) in [6.45, 7) is 7.78. The number of likely N-dealkylation sites (N-methyl/N-ethyl adjacent to an activating group) is 1. The fraction of sp³-hybridized carbons (Fsp3) is 0.600. The van der Waals surface area contributed by atoms with Crippen molar-refractivity contribution in [2.24, 2.45) is 5.92 Å². The van der Waals surface area contributed by atoms with E-state index in [-0.39, 0.29) is 0 Å². The van der Waals surface area contributed by atoms with Gasteiger partial charge in [-0.1, -0.05) is 54.9 Å². The molecule has 1 aromatic rings. The molecular weight excluding hydrogens is 306 g/mol. The van der Waals surface area contributed by atoms with Gasteiger partial charge in [0.15, 0.2) is 0 Å². The van der Waals surface area contributed by atoms with Crippen LogP contribution in [0.25, 0.3) is 0 Å². The van der Waals surface area contributed by atoms with Gasteiger partial charge in [0, 0.05) is 16.3 Å². The van der Waals surface area contributed by atoms with E-state index in [2.05, 4.69) is 78.0 Å². The number of thioether (sulfide) groups is 1. The van der Waals surface area contributed by atoms with Gasteiger partial charge in [0.05, 0.1) is 0 Å². The van der Waals surface area contributed by atoms with Crippen molar-refractivity contribution in [1.29, 1.82) is 0 Å². The van der Waals surface area contributed by atoms with E-state index in [1.54, 1.807) is 0 Å². The first-order valence-corrected chi connectivity index (χ1v) is 8.62. The number of benzene rings is 1. The maximum absolute atomic E-state index is 3.63. The quantitative estimate of drug-likeness (QED) is 0.760. The minimum Gasteiger partial charge on any atom is -0.313 e. The Morgan fingerprint density at radius 2 is 1.94 bits per heavy atom. The van der Waals surface area contributed by atoms with Crippen molar-refractivity contribution in [1.82, 2.24) is 5.32 Å². The molecule has 0 amide bonds. The highest BCUT2D eigenvalue weighted by molar-refractivity contribution is 9.10. The molecule has 1 N–H and O–H groups in total. The molecule has 18 heavy (non-hydrogen) atoms. The largest absolute Gasteiger partial charge is 0.313 e. The minimum absolute atomic E-state index is 0.567. The van der Waals surface area contributed by atoms with E-state index in [9.17, 15) is 0 Å². The van der Waals surface area contributed by atoms with Crippen molar-refractivity contribution in [3.8, 4) is 0 Å². The molecule has 0 radical (unpaired) electrons. The molecule has 0 bridgehead atoms. The molecule has 0 fully saturated rings. The van der Waals surface area contributed by atoms with Crippen LogP contribution in [0.5, 0.6) is 0 Å². The Bertz CT molecular complexity index is 341. The average Bonchev–Trinajstić information content (AvgIpc) is 2.32. The predicted molar refractivity (Wildman–Crippen MR) is 87.5 cm³/mol. The molecule has 0 aromatic heterocycles. The Morgan fingerprint density at radius 1 is 1.22 bits per heavy atom. The molecule has 1 aromatic carbocycles. The van der Waals surface area contributed by atoms with Gasteiger partial charge in [-0.15, -0.1) is 0 Å². The fourth-order valence-electron chi connectivity index (χ4n) is 1.85. The van der Waals surface area contributed by atoms with E-state index in [4.69, 9.17) is 0 Å². The van der Waals surface area contributed by atoms with E-state index < -0.39 is 0 Å². The second kappa shape index (κ2) is 9.00. The Labute approximate surface area is 124 Å². The van der Waals surface area contributed by atoms with Gasteiger partial charge >= 0.3 is 0 Å². The zero-order chi connectivity index (χ0) is 13.4. The van der Waals surface area contributed by atoms with Gasteiger partial charge in [-0.2, -0.15) is 11.8 Å². The number of hydrogen-bond donors (Lipinski definition) is 1. The van der Waals surface area contributed by atoms with Crippen molar-refractivity contribution in [2.75, 3.05) is 18.1 Å². The van der Waals surface area contributed by atoms with E-state index in [1.165, 1.54) is 21.5 Å². The van der Waals surface area contributed by atoms with Gasteiger partial charge in [-0.05, 0) is 36.3 Å². The van der Waals surface area contributed by atoms with Crippen molar-refractivity contribution in [3.05, 3.63) is 34.3 Å². The molecule has 1 rings (SSSR count). The molecule has 0 saturated heterocycles. The van der Waals surface area contributed by atoms with Crippen LogP contribution in [0.1, 0.15) is 26.3 Å². The van der Waals surface area contributed by atoms with Crippen LogP contribution in [0.3, 0.4) is 0 Å². The zero-order valence-corrected chi connectivity index (χ0v) is 14.0. The molecule has 3 heteroatoms. The normalized spacial score (nSPS) is 12.9. The Hall–Kier alpha value is 0.01000. The topological polar surface area (TPSA) is 12.0 Å². The summed E-state index contributed by atoms with van der Waals surface area (Å²) in [6, 6.07) is 9.09. The van der Waals surface area contributed by atoms with Crippen LogP contribution in [-0.4, -0.2) is 24.1 Å². The first-order chi connectivity index (χ1) is 8.63. The number of nitrogens with one attached hydrogen (secondary N) is 1. The van der Waals surface area contributed by atoms with Crippen molar-refractivity contribution in [2.45, 2.75) is 33.2 Å². The summed E-state index contributed by atoms with van der Waals surface area (Å²) in [7, 11) is 0. The molecule has 0 aliphatic rings. The molecule has 0 heterocycles. The van der Waals surface area contributed by atoms with Crippen molar-refractivity contribution < 1.29 is 0 Å². The van der Waals surface area contributed by atoms with Crippen LogP contribution in [-0.2, 0) is 6.42 Å². The molecule has 0 spiro atoms. The van der Waals surface area contributed by atoms with Gasteiger partial charge < -0.3 is 5.32 Å². The van der Waals surface area contributed by atoms with Crippen LogP contribution < -0.4 is 5.32 Å². The number of rotatable bonds is 8. The Balaban J connectivity index is 2.49. The first kappa shape index (κ1) is 16.1. The summed E-state index contributed by atoms with van der Waals surface area (Å²) >= 11 is 5.69. The third-order valence-corrected chi connectivity index (χ3v) is 5.00. The van der Waals surface area contributed by atoms with Crippen LogP contribution >= 0.6 is 27.7 Å².